The normalized spacial score (nSPS) is 17.5. The van der Waals surface area contributed by atoms with E-state index in [4.69, 9.17) is 15.0 Å². The van der Waals surface area contributed by atoms with Gasteiger partial charge in [-0.15, -0.1) is 11.3 Å². The standard InChI is InChI=1S/C22H25BN4O2S/c1-21(2)22(3,4)29-23(28-21)18-7-5-6-17(12-18)16-10-8-15(9-11-16)13-25-27-20-26-19(24)14-30-20/h5-14H,24H2,1-4H3,(H,26,27). The zero-order chi connectivity index (χ0) is 21.4. The van der Waals surface area contributed by atoms with E-state index in [2.05, 4.69) is 67.5 Å². The average Bonchev–Trinajstić information content (AvgIpc) is 3.22. The number of nitrogens with two attached hydrogens (primary N) is 1. The van der Waals surface area contributed by atoms with Crippen LogP contribution in [0.15, 0.2) is 59.0 Å². The van der Waals surface area contributed by atoms with Gasteiger partial charge in [-0.2, -0.15) is 5.10 Å². The summed E-state index contributed by atoms with van der Waals surface area (Å²) in [7, 11) is -0.368. The fraction of sp³-hybridized carbons (Fsp3) is 0.273. The van der Waals surface area contributed by atoms with Crippen molar-refractivity contribution in [2.75, 3.05) is 11.2 Å². The number of nitrogens with one attached hydrogen (secondary N) is 1. The van der Waals surface area contributed by atoms with Gasteiger partial charge in [0.05, 0.1) is 17.4 Å². The Morgan fingerprint density at radius 2 is 1.73 bits per heavy atom. The average molecular weight is 420 g/mol. The Kier molecular flexibility index (Phi) is 5.40. The third kappa shape index (κ3) is 4.26. The number of nitrogen functional groups attached to an aromatic ring is 1. The number of hydrazone groups is 1. The molecule has 3 N–H and O–H groups in total. The van der Waals surface area contributed by atoms with Crippen molar-refractivity contribution in [3.05, 3.63) is 59.5 Å². The highest BCUT2D eigenvalue weighted by Gasteiger charge is 2.51. The number of hydrogen-bond donors (Lipinski definition) is 2. The molecule has 0 saturated carbocycles. The molecule has 1 saturated heterocycles. The van der Waals surface area contributed by atoms with Crippen molar-refractivity contribution < 1.29 is 9.31 Å². The molecule has 1 aliphatic rings. The molecule has 6 nitrogen and oxygen atoms in total. The van der Waals surface area contributed by atoms with Crippen molar-refractivity contribution in [1.82, 2.24) is 4.98 Å². The van der Waals surface area contributed by atoms with Crippen LogP contribution in [-0.2, 0) is 9.31 Å². The van der Waals surface area contributed by atoms with Crippen LogP contribution < -0.4 is 16.6 Å². The second kappa shape index (κ2) is 7.87. The van der Waals surface area contributed by atoms with Gasteiger partial charge in [-0.3, -0.25) is 5.43 Å². The highest BCUT2D eigenvalue weighted by molar-refractivity contribution is 7.14. The van der Waals surface area contributed by atoms with E-state index < -0.39 is 0 Å². The fourth-order valence-corrected chi connectivity index (χ4v) is 3.65. The lowest BCUT2D eigenvalue weighted by atomic mass is 9.78. The van der Waals surface area contributed by atoms with E-state index in [0.29, 0.717) is 10.9 Å². The maximum absolute atomic E-state index is 6.18. The van der Waals surface area contributed by atoms with Crippen LogP contribution in [0.1, 0.15) is 33.3 Å². The number of hydrogen-bond acceptors (Lipinski definition) is 7. The first-order chi connectivity index (χ1) is 14.2. The van der Waals surface area contributed by atoms with E-state index >= 15 is 0 Å². The summed E-state index contributed by atoms with van der Waals surface area (Å²) in [6.45, 7) is 8.26. The summed E-state index contributed by atoms with van der Waals surface area (Å²) in [5, 5.41) is 6.64. The van der Waals surface area contributed by atoms with Crippen LogP contribution in [0.3, 0.4) is 0 Å². The van der Waals surface area contributed by atoms with Gasteiger partial charge in [0.1, 0.15) is 5.82 Å². The summed E-state index contributed by atoms with van der Waals surface area (Å²) in [6.07, 6.45) is 1.75. The molecule has 0 unspecified atom stereocenters. The van der Waals surface area contributed by atoms with Gasteiger partial charge in [-0.1, -0.05) is 48.5 Å². The molecule has 2 aromatic carbocycles. The monoisotopic (exact) mass is 420 g/mol. The first-order valence-corrected chi connectivity index (χ1v) is 10.7. The Hall–Kier alpha value is -2.68. The second-order valence-electron chi connectivity index (χ2n) is 8.28. The Balaban J connectivity index is 1.46. The minimum absolute atomic E-state index is 0.354. The van der Waals surface area contributed by atoms with Crippen molar-refractivity contribution in [3.63, 3.8) is 0 Å². The summed E-state index contributed by atoms with van der Waals surface area (Å²) < 4.78 is 12.4. The Morgan fingerprint density at radius 3 is 2.37 bits per heavy atom. The molecule has 0 spiro atoms. The molecule has 0 bridgehead atoms. The molecule has 8 heteroatoms. The summed E-state index contributed by atoms with van der Waals surface area (Å²) in [4.78, 5) is 4.11. The zero-order valence-electron chi connectivity index (χ0n) is 17.5. The van der Waals surface area contributed by atoms with Gasteiger partial charge in [0.25, 0.3) is 0 Å². The van der Waals surface area contributed by atoms with Crippen molar-refractivity contribution in [2.24, 2.45) is 5.10 Å². The molecule has 1 aliphatic heterocycles. The molecule has 1 fully saturated rings. The highest BCUT2D eigenvalue weighted by atomic mass is 32.1. The van der Waals surface area contributed by atoms with E-state index in [0.717, 1.165) is 22.2 Å². The zero-order valence-corrected chi connectivity index (χ0v) is 18.4. The van der Waals surface area contributed by atoms with Gasteiger partial charge < -0.3 is 15.0 Å². The minimum atomic E-state index is -0.368. The van der Waals surface area contributed by atoms with Gasteiger partial charge in [0.2, 0.25) is 5.13 Å². The third-order valence-electron chi connectivity index (χ3n) is 5.55. The van der Waals surface area contributed by atoms with Crippen LogP contribution in [0.25, 0.3) is 11.1 Å². The molecule has 1 aromatic heterocycles. The molecule has 2 heterocycles. The van der Waals surface area contributed by atoms with E-state index in [-0.39, 0.29) is 18.3 Å². The fourth-order valence-electron chi connectivity index (χ4n) is 3.11. The van der Waals surface area contributed by atoms with Crippen LogP contribution in [0, 0.1) is 0 Å². The van der Waals surface area contributed by atoms with Crippen LogP contribution in [-0.4, -0.2) is 29.5 Å². The molecule has 30 heavy (non-hydrogen) atoms. The summed E-state index contributed by atoms with van der Waals surface area (Å²) in [5.41, 5.74) is 12.0. The number of aromatic nitrogens is 1. The lowest BCUT2D eigenvalue weighted by Crippen LogP contribution is -2.41. The number of rotatable bonds is 5. The first-order valence-electron chi connectivity index (χ1n) is 9.80. The van der Waals surface area contributed by atoms with Gasteiger partial charge in [0, 0.05) is 5.38 Å². The number of nitrogens with zero attached hydrogens (tertiary/aromatic N) is 2. The van der Waals surface area contributed by atoms with Crippen LogP contribution in [0.4, 0.5) is 10.9 Å². The van der Waals surface area contributed by atoms with E-state index in [1.54, 1.807) is 11.6 Å². The first kappa shape index (κ1) is 20.6. The SMILES string of the molecule is CC1(C)OB(c2cccc(-c3ccc(C=NNc4nc(N)cs4)cc3)c2)OC1(C)C. The van der Waals surface area contributed by atoms with E-state index in [9.17, 15) is 0 Å². The van der Waals surface area contributed by atoms with Gasteiger partial charge >= 0.3 is 7.12 Å². The largest absolute Gasteiger partial charge is 0.494 e. The minimum Gasteiger partial charge on any atom is -0.399 e. The highest BCUT2D eigenvalue weighted by Crippen LogP contribution is 2.36. The third-order valence-corrected chi connectivity index (χ3v) is 6.32. The maximum Gasteiger partial charge on any atom is 0.494 e. The Labute approximate surface area is 181 Å². The molecule has 0 atom stereocenters. The van der Waals surface area contributed by atoms with Gasteiger partial charge in [0.15, 0.2) is 0 Å². The molecular weight excluding hydrogens is 395 g/mol. The van der Waals surface area contributed by atoms with Crippen molar-refractivity contribution in [3.8, 4) is 11.1 Å². The molecule has 154 valence electrons. The van der Waals surface area contributed by atoms with Gasteiger partial charge in [-0.05, 0) is 49.8 Å². The maximum atomic E-state index is 6.18. The molecule has 4 rings (SSSR count). The van der Waals surface area contributed by atoms with E-state index in [1.807, 2.05) is 24.3 Å². The van der Waals surface area contributed by atoms with Crippen LogP contribution in [0.5, 0.6) is 0 Å². The molecule has 0 aliphatic carbocycles. The molecule has 0 amide bonds. The van der Waals surface area contributed by atoms with Crippen LogP contribution >= 0.6 is 11.3 Å². The Bertz CT molecular complexity index is 1050. The van der Waals surface area contributed by atoms with Crippen LogP contribution in [0.2, 0.25) is 0 Å². The second-order valence-corrected chi connectivity index (χ2v) is 9.14. The quantitative estimate of drug-likeness (QED) is 0.368. The number of anilines is 2. The predicted molar refractivity (Wildman–Crippen MR) is 125 cm³/mol. The van der Waals surface area contributed by atoms with E-state index in [1.165, 1.54) is 11.3 Å². The smallest absolute Gasteiger partial charge is 0.399 e. The topological polar surface area (TPSA) is 81.8 Å². The van der Waals surface area contributed by atoms with Crippen molar-refractivity contribution >= 4 is 41.1 Å². The summed E-state index contributed by atoms with van der Waals surface area (Å²) in [6, 6.07) is 16.5. The summed E-state index contributed by atoms with van der Waals surface area (Å²) >= 11 is 1.41. The van der Waals surface area contributed by atoms with Crippen molar-refractivity contribution in [1.29, 1.82) is 0 Å². The predicted octanol–water partition coefficient (Wildman–Crippen LogP) is 4.14. The van der Waals surface area contributed by atoms with Gasteiger partial charge in [-0.25, -0.2) is 4.98 Å². The Morgan fingerprint density at radius 1 is 1.03 bits per heavy atom. The summed E-state index contributed by atoms with van der Waals surface area (Å²) in [5.74, 6) is 0.491. The molecular formula is C22H25BN4O2S. The number of thiazole rings is 1. The number of benzene rings is 2. The lowest BCUT2D eigenvalue weighted by molar-refractivity contribution is 0.00578. The van der Waals surface area contributed by atoms with Crippen molar-refractivity contribution in [2.45, 2.75) is 38.9 Å². The lowest BCUT2D eigenvalue weighted by Gasteiger charge is -2.32. The molecule has 3 aromatic rings. The molecule has 0 radical (unpaired) electrons.